The minimum absolute atomic E-state index is 0.180. The second-order valence-electron chi connectivity index (χ2n) is 5.70. The van der Waals surface area contributed by atoms with Crippen LogP contribution in [0.5, 0.6) is 0 Å². The highest BCUT2D eigenvalue weighted by atomic mass is 32.3. The van der Waals surface area contributed by atoms with E-state index >= 15 is 0 Å². The molecule has 4 rings (SSSR count). The molecule has 7 heteroatoms. The molecule has 0 unspecified atom stereocenters. The van der Waals surface area contributed by atoms with Crippen LogP contribution in [0.1, 0.15) is 5.56 Å². The molecule has 3 aromatic carbocycles. The summed E-state index contributed by atoms with van der Waals surface area (Å²) in [5.74, 6) is 0. The molecule has 0 saturated carbocycles. The summed E-state index contributed by atoms with van der Waals surface area (Å²) in [4.78, 5) is -0.383. The van der Waals surface area contributed by atoms with E-state index in [9.17, 15) is 16.8 Å². The number of hydrogen-bond donors (Lipinski definition) is 1. The Morgan fingerprint density at radius 2 is 1.38 bits per heavy atom. The van der Waals surface area contributed by atoms with Crippen LogP contribution >= 0.6 is 0 Å². The molecule has 0 bridgehead atoms. The van der Waals surface area contributed by atoms with Crippen molar-refractivity contribution in [3.05, 3.63) is 60.2 Å². The van der Waals surface area contributed by atoms with Crippen LogP contribution in [0.3, 0.4) is 0 Å². The highest BCUT2D eigenvalue weighted by Crippen LogP contribution is 2.40. The summed E-state index contributed by atoms with van der Waals surface area (Å²) in [5.41, 5.74) is 2.08. The first-order valence-electron chi connectivity index (χ1n) is 7.22. The van der Waals surface area contributed by atoms with Gasteiger partial charge < -0.3 is 0 Å². The van der Waals surface area contributed by atoms with Crippen LogP contribution in [0.15, 0.2) is 64.4 Å². The van der Waals surface area contributed by atoms with Gasteiger partial charge in [0.15, 0.2) is 0 Å². The minimum atomic E-state index is -4.11. The zero-order valence-corrected chi connectivity index (χ0v) is 14.3. The fourth-order valence-corrected chi connectivity index (χ4v) is 7.12. The summed E-state index contributed by atoms with van der Waals surface area (Å²) in [7, 11) is -8.16. The van der Waals surface area contributed by atoms with Crippen molar-refractivity contribution in [3.8, 4) is 11.1 Å². The molecule has 5 nitrogen and oxygen atoms in total. The first-order chi connectivity index (χ1) is 11.3. The third-order valence-electron chi connectivity index (χ3n) is 4.16. The van der Waals surface area contributed by atoms with Crippen LogP contribution in [0.4, 0.5) is 0 Å². The molecule has 1 heterocycles. The number of rotatable bonds is 1. The van der Waals surface area contributed by atoms with Crippen LogP contribution in [0.2, 0.25) is 0 Å². The molecule has 3 aromatic rings. The standard InChI is InChI=1S/C17H13NO4S2/c1-11-5-2-6-12-7-3-8-13(16(11)12)14-9-4-10-15-17(14)24(21,22)18-23(15,19)20/h2-10,18H,1H3. The lowest BCUT2D eigenvalue weighted by molar-refractivity contribution is 0.586. The third-order valence-corrected chi connectivity index (χ3v) is 7.94. The maximum Gasteiger partial charge on any atom is 0.255 e. The molecular formula is C17H13NO4S2. The molecule has 0 amide bonds. The lowest BCUT2D eigenvalue weighted by atomic mass is 9.95. The highest BCUT2D eigenvalue weighted by Gasteiger charge is 2.40. The number of fused-ring (bicyclic) bond motifs is 2. The number of sulfonamides is 2. The number of nitrogens with one attached hydrogen (secondary N) is 1. The van der Waals surface area contributed by atoms with Gasteiger partial charge in [-0.25, -0.2) is 16.8 Å². The molecule has 24 heavy (non-hydrogen) atoms. The van der Waals surface area contributed by atoms with Gasteiger partial charge in [-0.05, 0) is 34.9 Å². The van der Waals surface area contributed by atoms with Gasteiger partial charge in [0.25, 0.3) is 20.0 Å². The van der Waals surface area contributed by atoms with Gasteiger partial charge in [0.2, 0.25) is 0 Å². The van der Waals surface area contributed by atoms with E-state index in [0.29, 0.717) is 11.1 Å². The molecule has 1 N–H and O–H groups in total. The SMILES string of the molecule is Cc1cccc2cccc(-c3cccc4c3S(=O)(=O)NS4(=O)=O)c12. The van der Waals surface area contributed by atoms with E-state index < -0.39 is 20.0 Å². The molecule has 0 aromatic heterocycles. The lowest BCUT2D eigenvalue weighted by Crippen LogP contribution is -2.21. The van der Waals surface area contributed by atoms with Crippen molar-refractivity contribution in [2.75, 3.05) is 0 Å². The Balaban J connectivity index is 2.18. The van der Waals surface area contributed by atoms with Gasteiger partial charge in [0.05, 0.1) is 0 Å². The number of aryl methyl sites for hydroxylation is 1. The Hall–Kier alpha value is -2.22. The van der Waals surface area contributed by atoms with E-state index in [-0.39, 0.29) is 9.79 Å². The Morgan fingerprint density at radius 3 is 2.12 bits per heavy atom. The Morgan fingerprint density at radius 1 is 0.750 bits per heavy atom. The zero-order chi connectivity index (χ0) is 17.1. The molecule has 122 valence electrons. The van der Waals surface area contributed by atoms with E-state index in [1.54, 1.807) is 16.3 Å². The van der Waals surface area contributed by atoms with Crippen molar-refractivity contribution in [2.24, 2.45) is 0 Å². The average molecular weight is 359 g/mol. The summed E-state index contributed by atoms with van der Waals surface area (Å²) in [6.45, 7) is 1.94. The average Bonchev–Trinajstić information content (AvgIpc) is 2.72. The minimum Gasteiger partial charge on any atom is -0.206 e. The second kappa shape index (κ2) is 4.89. The first-order valence-corrected chi connectivity index (χ1v) is 10.2. The Bertz CT molecular complexity index is 1210. The zero-order valence-electron chi connectivity index (χ0n) is 12.6. The van der Waals surface area contributed by atoms with Gasteiger partial charge >= 0.3 is 0 Å². The van der Waals surface area contributed by atoms with E-state index in [4.69, 9.17) is 0 Å². The third kappa shape index (κ3) is 2.09. The van der Waals surface area contributed by atoms with Crippen molar-refractivity contribution >= 4 is 30.8 Å². The molecule has 1 aliphatic heterocycles. The predicted octanol–water partition coefficient (Wildman–Crippen LogP) is 2.80. The normalized spacial score (nSPS) is 17.7. The molecular weight excluding hydrogens is 346 g/mol. The van der Waals surface area contributed by atoms with E-state index in [2.05, 4.69) is 0 Å². The van der Waals surface area contributed by atoms with Crippen LogP contribution in [0.25, 0.3) is 21.9 Å². The van der Waals surface area contributed by atoms with E-state index in [1.807, 2.05) is 43.3 Å². The van der Waals surface area contributed by atoms with E-state index in [1.165, 1.54) is 6.07 Å². The van der Waals surface area contributed by atoms with Crippen molar-refractivity contribution in [2.45, 2.75) is 16.7 Å². The number of hydrogen-bond acceptors (Lipinski definition) is 4. The van der Waals surface area contributed by atoms with Gasteiger partial charge in [-0.2, -0.15) is 0 Å². The van der Waals surface area contributed by atoms with Crippen molar-refractivity contribution in [1.82, 2.24) is 4.13 Å². The molecule has 0 aliphatic carbocycles. The van der Waals surface area contributed by atoms with Gasteiger partial charge in [-0.1, -0.05) is 48.5 Å². The maximum absolute atomic E-state index is 12.4. The summed E-state index contributed by atoms with van der Waals surface area (Å²) < 4.78 is 50.7. The van der Waals surface area contributed by atoms with E-state index in [0.717, 1.165) is 16.3 Å². The smallest absolute Gasteiger partial charge is 0.206 e. The van der Waals surface area contributed by atoms with Crippen LogP contribution in [-0.2, 0) is 20.0 Å². The number of benzene rings is 3. The summed E-state index contributed by atoms with van der Waals surface area (Å²) in [6.07, 6.45) is 0. The summed E-state index contributed by atoms with van der Waals surface area (Å²) in [6, 6.07) is 15.9. The summed E-state index contributed by atoms with van der Waals surface area (Å²) in [5, 5.41) is 1.88. The van der Waals surface area contributed by atoms with Crippen molar-refractivity contribution in [1.29, 1.82) is 0 Å². The van der Waals surface area contributed by atoms with Gasteiger partial charge in [-0.3, -0.25) is 0 Å². The molecule has 1 aliphatic rings. The summed E-state index contributed by atoms with van der Waals surface area (Å²) >= 11 is 0. The van der Waals surface area contributed by atoms with Gasteiger partial charge in [-0.15, -0.1) is 4.13 Å². The van der Waals surface area contributed by atoms with Crippen molar-refractivity contribution in [3.63, 3.8) is 0 Å². The Labute approximate surface area is 140 Å². The molecule has 0 spiro atoms. The van der Waals surface area contributed by atoms with Gasteiger partial charge in [0, 0.05) is 5.56 Å². The van der Waals surface area contributed by atoms with Crippen LogP contribution in [-0.4, -0.2) is 16.8 Å². The van der Waals surface area contributed by atoms with Gasteiger partial charge in [0.1, 0.15) is 9.79 Å². The first kappa shape index (κ1) is 15.3. The fourth-order valence-electron chi connectivity index (χ4n) is 3.20. The molecule has 0 radical (unpaired) electrons. The maximum atomic E-state index is 12.4. The van der Waals surface area contributed by atoms with Crippen LogP contribution in [0, 0.1) is 6.92 Å². The largest absolute Gasteiger partial charge is 0.255 e. The molecule has 0 atom stereocenters. The molecule has 0 fully saturated rings. The highest BCUT2D eigenvalue weighted by molar-refractivity contribution is 8.07. The molecule has 0 saturated heterocycles. The Kier molecular flexibility index (Phi) is 3.12. The fraction of sp³-hybridized carbons (Fsp3) is 0.0588. The topological polar surface area (TPSA) is 80.3 Å². The quantitative estimate of drug-likeness (QED) is 0.724. The second-order valence-corrected chi connectivity index (χ2v) is 9.23. The predicted molar refractivity (Wildman–Crippen MR) is 91.6 cm³/mol. The van der Waals surface area contributed by atoms with Crippen LogP contribution < -0.4 is 4.13 Å². The lowest BCUT2D eigenvalue weighted by Gasteiger charge is -2.12. The van der Waals surface area contributed by atoms with Crippen molar-refractivity contribution < 1.29 is 16.8 Å². The monoisotopic (exact) mass is 359 g/mol.